The lowest BCUT2D eigenvalue weighted by atomic mass is 10.2. The van der Waals surface area contributed by atoms with Crippen LogP contribution in [-0.4, -0.2) is 17.1 Å². The first-order chi connectivity index (χ1) is 7.24. The van der Waals surface area contributed by atoms with Crippen LogP contribution >= 0.6 is 0 Å². The van der Waals surface area contributed by atoms with Crippen LogP contribution < -0.4 is 0 Å². The van der Waals surface area contributed by atoms with E-state index in [9.17, 15) is 4.79 Å². The Hall–Kier alpha value is -1.64. The summed E-state index contributed by atoms with van der Waals surface area (Å²) < 4.78 is 5.21. The summed E-state index contributed by atoms with van der Waals surface area (Å²) in [5.74, 6) is -0.320. The standard InChI is InChI=1S/C12H15NO2/c1-3-4-6-10(2)15-12(14)11-7-5-8-13-9-11/h3,5,7-10H,1,4,6H2,2H3. The van der Waals surface area contributed by atoms with Crippen LogP contribution in [0.15, 0.2) is 37.2 Å². The first-order valence-corrected chi connectivity index (χ1v) is 4.96. The van der Waals surface area contributed by atoms with E-state index in [-0.39, 0.29) is 12.1 Å². The smallest absolute Gasteiger partial charge is 0.339 e. The molecule has 0 aromatic carbocycles. The number of rotatable bonds is 5. The molecule has 3 heteroatoms. The number of nitrogens with zero attached hydrogens (tertiary/aromatic N) is 1. The van der Waals surface area contributed by atoms with Crippen LogP contribution in [0.4, 0.5) is 0 Å². The topological polar surface area (TPSA) is 39.2 Å². The number of carbonyl (C=O) groups is 1. The molecule has 0 amide bonds. The van der Waals surface area contributed by atoms with Gasteiger partial charge in [-0.25, -0.2) is 4.79 Å². The molecule has 1 aromatic heterocycles. The monoisotopic (exact) mass is 205 g/mol. The van der Waals surface area contributed by atoms with Crippen LogP contribution in [0.25, 0.3) is 0 Å². The molecule has 0 aliphatic rings. The van der Waals surface area contributed by atoms with Crippen LogP contribution in [0.2, 0.25) is 0 Å². The summed E-state index contributed by atoms with van der Waals surface area (Å²) >= 11 is 0. The maximum atomic E-state index is 11.5. The Balaban J connectivity index is 2.45. The molecule has 1 atom stereocenters. The predicted molar refractivity (Wildman–Crippen MR) is 58.5 cm³/mol. The molecule has 15 heavy (non-hydrogen) atoms. The van der Waals surface area contributed by atoms with E-state index in [0.717, 1.165) is 12.8 Å². The Labute approximate surface area is 89.8 Å². The van der Waals surface area contributed by atoms with Gasteiger partial charge >= 0.3 is 5.97 Å². The van der Waals surface area contributed by atoms with Gasteiger partial charge in [0.25, 0.3) is 0 Å². The molecule has 0 fully saturated rings. The van der Waals surface area contributed by atoms with Crippen molar-refractivity contribution < 1.29 is 9.53 Å². The number of pyridine rings is 1. The van der Waals surface area contributed by atoms with Gasteiger partial charge < -0.3 is 4.74 Å². The molecule has 0 aliphatic carbocycles. The van der Waals surface area contributed by atoms with Crippen molar-refractivity contribution in [2.75, 3.05) is 0 Å². The van der Waals surface area contributed by atoms with Crippen LogP contribution in [-0.2, 0) is 4.74 Å². The normalized spacial score (nSPS) is 11.8. The fraction of sp³-hybridized carbons (Fsp3) is 0.333. The summed E-state index contributed by atoms with van der Waals surface area (Å²) in [5, 5.41) is 0. The first-order valence-electron chi connectivity index (χ1n) is 4.96. The van der Waals surface area contributed by atoms with E-state index in [0.29, 0.717) is 5.56 Å². The minimum Gasteiger partial charge on any atom is -0.459 e. The van der Waals surface area contributed by atoms with Crippen LogP contribution in [0.1, 0.15) is 30.1 Å². The van der Waals surface area contributed by atoms with Crippen molar-refractivity contribution in [3.8, 4) is 0 Å². The maximum absolute atomic E-state index is 11.5. The van der Waals surface area contributed by atoms with E-state index in [2.05, 4.69) is 11.6 Å². The van der Waals surface area contributed by atoms with Crippen molar-refractivity contribution in [1.29, 1.82) is 0 Å². The zero-order valence-electron chi connectivity index (χ0n) is 8.85. The second kappa shape index (κ2) is 5.96. The van der Waals surface area contributed by atoms with E-state index < -0.39 is 0 Å². The first kappa shape index (κ1) is 11.4. The van der Waals surface area contributed by atoms with Gasteiger partial charge in [0.15, 0.2) is 0 Å². The molecular weight excluding hydrogens is 190 g/mol. The Morgan fingerprint density at radius 3 is 3.13 bits per heavy atom. The Bertz CT molecular complexity index is 322. The van der Waals surface area contributed by atoms with Gasteiger partial charge in [-0.2, -0.15) is 0 Å². The highest BCUT2D eigenvalue weighted by molar-refractivity contribution is 5.89. The molecule has 1 unspecified atom stereocenters. The van der Waals surface area contributed by atoms with Crippen molar-refractivity contribution >= 4 is 5.97 Å². The van der Waals surface area contributed by atoms with E-state index in [1.54, 1.807) is 18.3 Å². The van der Waals surface area contributed by atoms with Gasteiger partial charge in [-0.1, -0.05) is 6.08 Å². The van der Waals surface area contributed by atoms with Gasteiger partial charge in [0, 0.05) is 12.4 Å². The van der Waals surface area contributed by atoms with Gasteiger partial charge in [0.2, 0.25) is 0 Å². The third-order valence-corrected chi connectivity index (χ3v) is 1.98. The zero-order chi connectivity index (χ0) is 11.1. The third-order valence-electron chi connectivity index (χ3n) is 1.98. The number of esters is 1. The molecule has 1 rings (SSSR count). The molecule has 1 heterocycles. The second-order valence-corrected chi connectivity index (χ2v) is 3.32. The van der Waals surface area contributed by atoms with Crippen molar-refractivity contribution in [3.63, 3.8) is 0 Å². The summed E-state index contributed by atoms with van der Waals surface area (Å²) in [6.45, 7) is 5.49. The quantitative estimate of drug-likeness (QED) is 0.548. The van der Waals surface area contributed by atoms with E-state index in [1.807, 2.05) is 13.0 Å². The molecule has 80 valence electrons. The van der Waals surface area contributed by atoms with Crippen molar-refractivity contribution in [1.82, 2.24) is 4.98 Å². The van der Waals surface area contributed by atoms with Gasteiger partial charge in [-0.05, 0) is 31.9 Å². The number of hydrogen-bond donors (Lipinski definition) is 0. The Morgan fingerprint density at radius 1 is 1.73 bits per heavy atom. The molecule has 0 saturated heterocycles. The highest BCUT2D eigenvalue weighted by atomic mass is 16.5. The number of aromatic nitrogens is 1. The fourth-order valence-corrected chi connectivity index (χ4v) is 1.15. The zero-order valence-corrected chi connectivity index (χ0v) is 8.85. The lowest BCUT2D eigenvalue weighted by Gasteiger charge is -2.11. The number of allylic oxidation sites excluding steroid dienone is 1. The average Bonchev–Trinajstić information content (AvgIpc) is 2.27. The minimum absolute atomic E-state index is 0.0873. The molecule has 0 radical (unpaired) electrons. The summed E-state index contributed by atoms with van der Waals surface area (Å²) in [6, 6.07) is 3.40. The summed E-state index contributed by atoms with van der Waals surface area (Å²) in [5.41, 5.74) is 0.489. The largest absolute Gasteiger partial charge is 0.459 e. The van der Waals surface area contributed by atoms with Gasteiger partial charge in [-0.15, -0.1) is 6.58 Å². The second-order valence-electron chi connectivity index (χ2n) is 3.32. The van der Waals surface area contributed by atoms with Crippen molar-refractivity contribution in [2.45, 2.75) is 25.9 Å². The van der Waals surface area contributed by atoms with Gasteiger partial charge in [-0.3, -0.25) is 4.98 Å². The summed E-state index contributed by atoms with van der Waals surface area (Å²) in [7, 11) is 0. The molecule has 0 spiro atoms. The van der Waals surface area contributed by atoms with Crippen molar-refractivity contribution in [2.24, 2.45) is 0 Å². The Kier molecular flexibility index (Phi) is 4.54. The molecule has 0 N–H and O–H groups in total. The lowest BCUT2D eigenvalue weighted by molar-refractivity contribution is 0.0326. The molecule has 3 nitrogen and oxygen atoms in total. The van der Waals surface area contributed by atoms with Crippen molar-refractivity contribution in [3.05, 3.63) is 42.7 Å². The average molecular weight is 205 g/mol. The molecule has 1 aromatic rings. The van der Waals surface area contributed by atoms with E-state index >= 15 is 0 Å². The highest BCUT2D eigenvalue weighted by Crippen LogP contribution is 2.06. The predicted octanol–water partition coefficient (Wildman–Crippen LogP) is 2.59. The number of ether oxygens (including phenoxy) is 1. The number of carbonyl (C=O) groups excluding carboxylic acids is 1. The minimum atomic E-state index is -0.320. The summed E-state index contributed by atoms with van der Waals surface area (Å²) in [6.07, 6.45) is 6.50. The van der Waals surface area contributed by atoms with E-state index in [4.69, 9.17) is 4.74 Å². The van der Waals surface area contributed by atoms with Crippen LogP contribution in [0.5, 0.6) is 0 Å². The lowest BCUT2D eigenvalue weighted by Crippen LogP contribution is -2.14. The molecule has 0 aliphatic heterocycles. The SMILES string of the molecule is C=CCCC(C)OC(=O)c1cccnc1. The maximum Gasteiger partial charge on any atom is 0.339 e. The molecule has 0 saturated carbocycles. The third kappa shape index (κ3) is 3.94. The Morgan fingerprint density at radius 2 is 2.53 bits per heavy atom. The van der Waals surface area contributed by atoms with E-state index in [1.165, 1.54) is 6.20 Å². The molecule has 0 bridgehead atoms. The number of hydrogen-bond acceptors (Lipinski definition) is 3. The fourth-order valence-electron chi connectivity index (χ4n) is 1.15. The highest BCUT2D eigenvalue weighted by Gasteiger charge is 2.10. The van der Waals surface area contributed by atoms with Crippen LogP contribution in [0.3, 0.4) is 0 Å². The molecular formula is C12H15NO2. The van der Waals surface area contributed by atoms with Gasteiger partial charge in [0.1, 0.15) is 0 Å². The van der Waals surface area contributed by atoms with Gasteiger partial charge in [0.05, 0.1) is 11.7 Å². The van der Waals surface area contributed by atoms with Crippen LogP contribution in [0, 0.1) is 0 Å². The summed E-state index contributed by atoms with van der Waals surface area (Å²) in [4.78, 5) is 15.4.